The Kier molecular flexibility index (Phi) is 2.87. The summed E-state index contributed by atoms with van der Waals surface area (Å²) >= 11 is 0. The van der Waals surface area contributed by atoms with E-state index in [2.05, 4.69) is 34.1 Å². The minimum absolute atomic E-state index is 0.265. The lowest BCUT2D eigenvalue weighted by molar-refractivity contribution is 0.130. The van der Waals surface area contributed by atoms with Crippen molar-refractivity contribution in [2.75, 3.05) is 20.3 Å². The molecule has 5 rings (SSSR count). The van der Waals surface area contributed by atoms with Crippen molar-refractivity contribution in [1.82, 2.24) is 9.80 Å². The normalized spacial score (nSPS) is 40.7. The smallest absolute Gasteiger partial charge is 0.119 e. The highest BCUT2D eigenvalue weighted by Crippen LogP contribution is 2.58. The molecular weight excluding hydrogens is 272 g/mol. The van der Waals surface area contributed by atoms with Crippen molar-refractivity contribution < 1.29 is 4.74 Å². The van der Waals surface area contributed by atoms with Gasteiger partial charge in [-0.15, -0.1) is 0 Å². The van der Waals surface area contributed by atoms with Gasteiger partial charge in [0.1, 0.15) is 5.75 Å². The lowest BCUT2D eigenvalue weighted by atomic mass is 9.78. The molecule has 0 spiro atoms. The van der Waals surface area contributed by atoms with Crippen molar-refractivity contribution in [1.29, 1.82) is 0 Å². The third-order valence-corrected chi connectivity index (χ3v) is 6.92. The van der Waals surface area contributed by atoms with Gasteiger partial charge in [0, 0.05) is 12.1 Å². The van der Waals surface area contributed by atoms with E-state index in [0.29, 0.717) is 0 Å². The van der Waals surface area contributed by atoms with E-state index in [1.165, 1.54) is 57.3 Å². The van der Waals surface area contributed by atoms with Crippen molar-refractivity contribution in [2.45, 2.75) is 56.1 Å². The third kappa shape index (κ3) is 1.59. The minimum atomic E-state index is 0.265. The van der Waals surface area contributed by atoms with Crippen molar-refractivity contribution in [3.63, 3.8) is 0 Å². The zero-order valence-corrected chi connectivity index (χ0v) is 13.5. The van der Waals surface area contributed by atoms with Crippen LogP contribution in [0.3, 0.4) is 0 Å². The molecule has 0 N–H and O–H groups in total. The maximum absolute atomic E-state index is 5.53. The van der Waals surface area contributed by atoms with Gasteiger partial charge in [0.05, 0.1) is 19.3 Å². The summed E-state index contributed by atoms with van der Waals surface area (Å²) < 4.78 is 5.53. The summed E-state index contributed by atoms with van der Waals surface area (Å²) in [4.78, 5) is 5.65. The Labute approximate surface area is 133 Å². The van der Waals surface area contributed by atoms with E-state index < -0.39 is 0 Å². The Hall–Kier alpha value is -1.06. The molecular formula is C19H26N2O. The van der Waals surface area contributed by atoms with Gasteiger partial charge in [0.15, 0.2) is 0 Å². The van der Waals surface area contributed by atoms with Crippen molar-refractivity contribution in [3.8, 4) is 5.75 Å². The Morgan fingerprint density at radius 2 is 2.14 bits per heavy atom. The van der Waals surface area contributed by atoms with Crippen LogP contribution in [0.15, 0.2) is 24.3 Å². The van der Waals surface area contributed by atoms with E-state index in [4.69, 9.17) is 4.74 Å². The lowest BCUT2D eigenvalue weighted by Gasteiger charge is -2.38. The van der Waals surface area contributed by atoms with Gasteiger partial charge in [0.25, 0.3) is 0 Å². The number of nitrogens with zero attached hydrogens (tertiary/aromatic N) is 2. The first kappa shape index (κ1) is 13.4. The Morgan fingerprint density at radius 3 is 3.05 bits per heavy atom. The van der Waals surface area contributed by atoms with Crippen molar-refractivity contribution in [2.24, 2.45) is 5.92 Å². The number of methoxy groups -OCH3 is 1. The van der Waals surface area contributed by atoms with E-state index in [1.54, 1.807) is 7.11 Å². The van der Waals surface area contributed by atoms with Crippen LogP contribution < -0.4 is 4.74 Å². The Morgan fingerprint density at radius 1 is 1.18 bits per heavy atom. The van der Waals surface area contributed by atoms with Gasteiger partial charge in [-0.05, 0) is 62.3 Å². The fourth-order valence-corrected chi connectivity index (χ4v) is 6.14. The van der Waals surface area contributed by atoms with Crippen LogP contribution in [0.4, 0.5) is 0 Å². The molecule has 3 saturated heterocycles. The molecule has 22 heavy (non-hydrogen) atoms. The molecule has 4 atom stereocenters. The molecule has 118 valence electrons. The topological polar surface area (TPSA) is 15.7 Å². The molecule has 3 heterocycles. The first-order chi connectivity index (χ1) is 10.8. The quantitative estimate of drug-likeness (QED) is 0.834. The molecule has 0 radical (unpaired) electrons. The van der Waals surface area contributed by atoms with E-state index in [0.717, 1.165) is 23.8 Å². The van der Waals surface area contributed by atoms with Crippen LogP contribution in [-0.4, -0.2) is 42.2 Å². The molecule has 4 fully saturated rings. The number of fused-ring (bicyclic) bond motifs is 5. The highest BCUT2D eigenvalue weighted by molar-refractivity contribution is 5.38. The van der Waals surface area contributed by atoms with E-state index in [1.807, 2.05) is 0 Å². The SMILES string of the molecule is COc1cccc([C@@]23C[C@H]4CCC[C@H]4N2CN2CCC[C@@H]23)c1. The van der Waals surface area contributed by atoms with E-state index >= 15 is 0 Å². The summed E-state index contributed by atoms with van der Waals surface area (Å²) in [5.41, 5.74) is 1.77. The first-order valence-electron chi connectivity index (χ1n) is 8.98. The van der Waals surface area contributed by atoms with Gasteiger partial charge in [-0.3, -0.25) is 9.80 Å². The molecule has 0 bridgehead atoms. The van der Waals surface area contributed by atoms with Crippen LogP contribution in [0.5, 0.6) is 5.75 Å². The molecule has 3 aliphatic heterocycles. The van der Waals surface area contributed by atoms with Crippen molar-refractivity contribution in [3.05, 3.63) is 29.8 Å². The number of benzene rings is 1. The monoisotopic (exact) mass is 298 g/mol. The third-order valence-electron chi connectivity index (χ3n) is 6.92. The molecule has 0 unspecified atom stereocenters. The van der Waals surface area contributed by atoms with Crippen LogP contribution in [0.25, 0.3) is 0 Å². The first-order valence-corrected chi connectivity index (χ1v) is 8.98. The van der Waals surface area contributed by atoms with E-state index in [-0.39, 0.29) is 5.54 Å². The van der Waals surface area contributed by atoms with Crippen LogP contribution >= 0.6 is 0 Å². The molecule has 1 aliphatic carbocycles. The van der Waals surface area contributed by atoms with Gasteiger partial charge in [-0.25, -0.2) is 0 Å². The maximum Gasteiger partial charge on any atom is 0.119 e. The lowest BCUT2D eigenvalue weighted by Crippen LogP contribution is -2.45. The highest BCUT2D eigenvalue weighted by Gasteiger charge is 2.63. The fourth-order valence-electron chi connectivity index (χ4n) is 6.14. The van der Waals surface area contributed by atoms with Gasteiger partial charge in [0.2, 0.25) is 0 Å². The number of ether oxygens (including phenoxy) is 1. The van der Waals surface area contributed by atoms with Gasteiger partial charge < -0.3 is 4.74 Å². The molecule has 0 amide bonds. The second-order valence-corrected chi connectivity index (χ2v) is 7.70. The highest BCUT2D eigenvalue weighted by atomic mass is 16.5. The summed E-state index contributed by atoms with van der Waals surface area (Å²) in [5.74, 6) is 1.94. The molecule has 0 aromatic heterocycles. The average molecular weight is 298 g/mol. The Balaban J connectivity index is 1.63. The number of rotatable bonds is 2. The predicted molar refractivity (Wildman–Crippen MR) is 86.9 cm³/mol. The largest absolute Gasteiger partial charge is 0.497 e. The molecule has 3 nitrogen and oxygen atoms in total. The fraction of sp³-hybridized carbons (Fsp3) is 0.684. The summed E-state index contributed by atoms with van der Waals surface area (Å²) in [6, 6.07) is 10.5. The second-order valence-electron chi connectivity index (χ2n) is 7.70. The second kappa shape index (κ2) is 4.72. The van der Waals surface area contributed by atoms with Crippen LogP contribution in [-0.2, 0) is 5.54 Å². The summed E-state index contributed by atoms with van der Waals surface area (Å²) in [5, 5.41) is 0. The van der Waals surface area contributed by atoms with Gasteiger partial charge in [-0.1, -0.05) is 18.6 Å². The van der Waals surface area contributed by atoms with E-state index in [9.17, 15) is 0 Å². The molecule has 4 aliphatic rings. The van der Waals surface area contributed by atoms with Crippen LogP contribution in [0, 0.1) is 5.92 Å². The summed E-state index contributed by atoms with van der Waals surface area (Å²) in [6.07, 6.45) is 8.40. The molecule has 3 heteroatoms. The molecule has 1 aromatic rings. The van der Waals surface area contributed by atoms with Crippen LogP contribution in [0.1, 0.15) is 44.1 Å². The molecule has 1 saturated carbocycles. The molecule has 1 aromatic carbocycles. The number of hydrogen-bond acceptors (Lipinski definition) is 3. The van der Waals surface area contributed by atoms with Crippen molar-refractivity contribution >= 4 is 0 Å². The minimum Gasteiger partial charge on any atom is -0.497 e. The zero-order chi connectivity index (χ0) is 14.7. The standard InChI is InChI=1S/C19H26N2O/c1-22-16-7-3-6-15(11-16)19-12-14-5-2-8-17(14)21(19)13-20-10-4-9-18(19)20/h3,6-7,11,14,17-18H,2,4-5,8-10,12-13H2,1H3/t14-,17-,18-,19-/m1/s1. The maximum atomic E-state index is 5.53. The summed E-state index contributed by atoms with van der Waals surface area (Å²) in [7, 11) is 1.79. The Bertz CT molecular complexity index is 589. The summed E-state index contributed by atoms with van der Waals surface area (Å²) in [6.45, 7) is 2.49. The zero-order valence-electron chi connectivity index (χ0n) is 13.5. The van der Waals surface area contributed by atoms with Gasteiger partial charge >= 0.3 is 0 Å². The predicted octanol–water partition coefficient (Wildman–Crippen LogP) is 3.20. The number of hydrogen-bond donors (Lipinski definition) is 0. The van der Waals surface area contributed by atoms with Crippen LogP contribution in [0.2, 0.25) is 0 Å². The average Bonchev–Trinajstić information content (AvgIpc) is 3.26. The van der Waals surface area contributed by atoms with Gasteiger partial charge in [-0.2, -0.15) is 0 Å².